The van der Waals surface area contributed by atoms with Crippen molar-refractivity contribution in [2.24, 2.45) is 23.7 Å². The molecule has 0 amide bonds. The molecule has 2 aliphatic carbocycles. The molecular formula is C18H17ClO5. The lowest BCUT2D eigenvalue weighted by Crippen LogP contribution is -2.36. The molecule has 24 heavy (non-hydrogen) atoms. The van der Waals surface area contributed by atoms with E-state index in [1.165, 1.54) is 0 Å². The van der Waals surface area contributed by atoms with Crippen molar-refractivity contribution in [1.82, 2.24) is 0 Å². The van der Waals surface area contributed by atoms with Crippen molar-refractivity contribution in [3.63, 3.8) is 0 Å². The highest BCUT2D eigenvalue weighted by Crippen LogP contribution is 2.58. The zero-order valence-corrected chi connectivity index (χ0v) is 13.9. The van der Waals surface area contributed by atoms with Crippen molar-refractivity contribution in [1.29, 1.82) is 0 Å². The molecular weight excluding hydrogens is 332 g/mol. The van der Waals surface area contributed by atoms with Crippen molar-refractivity contribution in [2.75, 3.05) is 0 Å². The van der Waals surface area contributed by atoms with E-state index in [1.54, 1.807) is 31.2 Å². The fourth-order valence-electron chi connectivity index (χ4n) is 4.48. The monoisotopic (exact) mass is 348 g/mol. The van der Waals surface area contributed by atoms with Gasteiger partial charge in [0.05, 0.1) is 11.8 Å². The second kappa shape index (κ2) is 5.59. The van der Waals surface area contributed by atoms with Gasteiger partial charge >= 0.3 is 11.9 Å². The van der Waals surface area contributed by atoms with Gasteiger partial charge in [-0.15, -0.1) is 0 Å². The van der Waals surface area contributed by atoms with Crippen LogP contribution in [0.3, 0.4) is 0 Å². The standard InChI is InChI=1S/C18H17ClO5/c1-8(16(20)9-2-4-11(19)5-3-9)23-17(21)14-10-6-12-13(7-10)24-18(22)15(12)14/h2-5,8,10,12-15H,6-7H2,1H3/t8-,10+,12+,13+,14-,15-/m0/s1. The fourth-order valence-corrected chi connectivity index (χ4v) is 4.61. The molecule has 1 aromatic rings. The predicted octanol–water partition coefficient (Wildman–Crippen LogP) is 2.65. The van der Waals surface area contributed by atoms with Crippen LogP contribution in [0.1, 0.15) is 30.1 Å². The summed E-state index contributed by atoms with van der Waals surface area (Å²) >= 11 is 5.81. The highest BCUT2D eigenvalue weighted by molar-refractivity contribution is 6.30. The lowest BCUT2D eigenvalue weighted by atomic mass is 9.80. The van der Waals surface area contributed by atoms with Gasteiger partial charge in [-0.25, -0.2) is 0 Å². The first kappa shape index (κ1) is 15.6. The number of ether oxygens (including phenoxy) is 2. The summed E-state index contributed by atoms with van der Waals surface area (Å²) in [4.78, 5) is 36.9. The number of benzene rings is 1. The lowest BCUT2D eigenvalue weighted by molar-refractivity contribution is -0.157. The average molecular weight is 349 g/mol. The van der Waals surface area contributed by atoms with E-state index in [1.807, 2.05) is 0 Å². The number of halogens is 1. The molecule has 5 nitrogen and oxygen atoms in total. The van der Waals surface area contributed by atoms with Crippen molar-refractivity contribution >= 4 is 29.3 Å². The quantitative estimate of drug-likeness (QED) is 0.618. The maximum absolute atomic E-state index is 12.6. The molecule has 1 aliphatic heterocycles. The van der Waals surface area contributed by atoms with Crippen LogP contribution in [-0.2, 0) is 19.1 Å². The van der Waals surface area contributed by atoms with E-state index in [9.17, 15) is 14.4 Å². The first-order chi connectivity index (χ1) is 11.5. The highest BCUT2D eigenvalue weighted by Gasteiger charge is 2.64. The smallest absolute Gasteiger partial charge is 0.310 e. The predicted molar refractivity (Wildman–Crippen MR) is 84.4 cm³/mol. The molecule has 6 heteroatoms. The van der Waals surface area contributed by atoms with Gasteiger partial charge in [-0.2, -0.15) is 0 Å². The summed E-state index contributed by atoms with van der Waals surface area (Å²) < 4.78 is 10.7. The van der Waals surface area contributed by atoms with Crippen molar-refractivity contribution < 1.29 is 23.9 Å². The van der Waals surface area contributed by atoms with Crippen LogP contribution < -0.4 is 0 Å². The number of fused-ring (bicyclic) bond motifs is 1. The summed E-state index contributed by atoms with van der Waals surface area (Å²) in [5.41, 5.74) is 0.438. The normalized spacial score (nSPS) is 34.1. The summed E-state index contributed by atoms with van der Waals surface area (Å²) in [5, 5.41) is 0.535. The number of carbonyl (C=O) groups is 3. The van der Waals surface area contributed by atoms with E-state index < -0.39 is 18.0 Å². The Labute approximate surface area is 144 Å². The highest BCUT2D eigenvalue weighted by atomic mass is 35.5. The summed E-state index contributed by atoms with van der Waals surface area (Å²) in [7, 11) is 0. The van der Waals surface area contributed by atoms with Crippen LogP contribution in [0.25, 0.3) is 0 Å². The lowest BCUT2D eigenvalue weighted by Gasteiger charge is -2.24. The zero-order chi connectivity index (χ0) is 17.0. The number of rotatable bonds is 4. The Kier molecular flexibility index (Phi) is 3.64. The molecule has 1 saturated heterocycles. The van der Waals surface area contributed by atoms with E-state index in [-0.39, 0.29) is 35.6 Å². The second-order valence-electron chi connectivity index (χ2n) is 6.87. The van der Waals surface area contributed by atoms with Gasteiger partial charge in [0.25, 0.3) is 0 Å². The molecule has 0 aromatic heterocycles. The number of carbonyl (C=O) groups excluding carboxylic acids is 3. The molecule has 0 radical (unpaired) electrons. The number of Topliss-reactive ketones (excluding diaryl/α,β-unsaturated/α-hetero) is 1. The molecule has 3 aliphatic rings. The van der Waals surface area contributed by atoms with Crippen molar-refractivity contribution in [3.8, 4) is 0 Å². The number of hydrogen-bond acceptors (Lipinski definition) is 5. The molecule has 1 heterocycles. The molecule has 3 fully saturated rings. The summed E-state index contributed by atoms with van der Waals surface area (Å²) in [6.07, 6.45) is 0.641. The third kappa shape index (κ3) is 2.34. The van der Waals surface area contributed by atoms with E-state index in [0.29, 0.717) is 10.6 Å². The van der Waals surface area contributed by atoms with Crippen LogP contribution in [0, 0.1) is 23.7 Å². The molecule has 0 spiro atoms. The Morgan fingerprint density at radius 2 is 1.96 bits per heavy atom. The Morgan fingerprint density at radius 1 is 1.25 bits per heavy atom. The van der Waals surface area contributed by atoms with Gasteiger partial charge in [0.1, 0.15) is 6.10 Å². The Hall–Kier alpha value is -1.88. The molecule has 0 N–H and O–H groups in total. The maximum Gasteiger partial charge on any atom is 0.310 e. The molecule has 1 aromatic carbocycles. The average Bonchev–Trinajstić information content (AvgIpc) is 3.16. The molecule has 0 unspecified atom stereocenters. The summed E-state index contributed by atoms with van der Waals surface area (Å²) in [6.45, 7) is 1.55. The third-order valence-corrected chi connectivity index (χ3v) is 5.80. The Morgan fingerprint density at radius 3 is 2.67 bits per heavy atom. The molecule has 6 atom stereocenters. The molecule has 2 saturated carbocycles. The minimum Gasteiger partial charge on any atom is -0.462 e. The fraction of sp³-hybridized carbons (Fsp3) is 0.500. The minimum atomic E-state index is -0.897. The van der Waals surface area contributed by atoms with Crippen LogP contribution in [0.5, 0.6) is 0 Å². The number of ketones is 1. The summed E-state index contributed by atoms with van der Waals surface area (Å²) in [6, 6.07) is 6.44. The summed E-state index contributed by atoms with van der Waals surface area (Å²) in [5.74, 6) is -1.62. The van der Waals surface area contributed by atoms with E-state index in [0.717, 1.165) is 12.8 Å². The first-order valence-electron chi connectivity index (χ1n) is 8.16. The van der Waals surface area contributed by atoms with Crippen LogP contribution in [0.15, 0.2) is 24.3 Å². The van der Waals surface area contributed by atoms with E-state index in [2.05, 4.69) is 0 Å². The van der Waals surface area contributed by atoms with Crippen LogP contribution in [0.2, 0.25) is 5.02 Å². The van der Waals surface area contributed by atoms with Gasteiger partial charge in [-0.05, 0) is 49.9 Å². The topological polar surface area (TPSA) is 69.7 Å². The number of esters is 2. The second-order valence-corrected chi connectivity index (χ2v) is 7.31. The van der Waals surface area contributed by atoms with Gasteiger partial charge < -0.3 is 9.47 Å². The van der Waals surface area contributed by atoms with Crippen molar-refractivity contribution in [2.45, 2.75) is 32.0 Å². The first-order valence-corrected chi connectivity index (χ1v) is 8.54. The van der Waals surface area contributed by atoms with Crippen LogP contribution in [-0.4, -0.2) is 29.9 Å². The van der Waals surface area contributed by atoms with Crippen LogP contribution >= 0.6 is 11.6 Å². The van der Waals surface area contributed by atoms with Gasteiger partial charge in [0.15, 0.2) is 6.10 Å². The molecule has 2 bridgehead atoms. The zero-order valence-electron chi connectivity index (χ0n) is 13.1. The van der Waals surface area contributed by atoms with Gasteiger partial charge in [-0.1, -0.05) is 11.6 Å². The maximum atomic E-state index is 12.6. The molecule has 126 valence electrons. The van der Waals surface area contributed by atoms with Gasteiger partial charge in [0, 0.05) is 16.5 Å². The van der Waals surface area contributed by atoms with Gasteiger partial charge in [0.2, 0.25) is 5.78 Å². The van der Waals surface area contributed by atoms with Gasteiger partial charge in [-0.3, -0.25) is 14.4 Å². The van der Waals surface area contributed by atoms with E-state index >= 15 is 0 Å². The minimum absolute atomic E-state index is 0.0235. The number of hydrogen-bond donors (Lipinski definition) is 0. The SMILES string of the molecule is C[C@H](OC(=O)[C@H]1[C@@H]2C[C@H]3[C@@H]1C(=O)O[C@@H]3C2)C(=O)c1ccc(Cl)cc1. The molecule has 4 rings (SSSR count). The Bertz CT molecular complexity index is 711. The van der Waals surface area contributed by atoms with E-state index in [4.69, 9.17) is 21.1 Å². The van der Waals surface area contributed by atoms with Crippen LogP contribution in [0.4, 0.5) is 0 Å². The largest absolute Gasteiger partial charge is 0.462 e. The Balaban J connectivity index is 1.45. The van der Waals surface area contributed by atoms with Crippen molar-refractivity contribution in [3.05, 3.63) is 34.9 Å². The third-order valence-electron chi connectivity index (χ3n) is 5.55.